The predicted molar refractivity (Wildman–Crippen MR) is 81.7 cm³/mol. The summed E-state index contributed by atoms with van der Waals surface area (Å²) >= 11 is 3.36. The molecule has 0 fully saturated rings. The van der Waals surface area contributed by atoms with Crippen molar-refractivity contribution in [2.75, 3.05) is 0 Å². The highest BCUT2D eigenvalue weighted by Gasteiger charge is 2.09. The number of aromatic nitrogens is 1. The average Bonchev–Trinajstić information content (AvgIpc) is 2.75. The molecular weight excluding hydrogens is 320 g/mol. The number of hydrogen-bond donors (Lipinski definition) is 1. The molecule has 5 heteroatoms. The van der Waals surface area contributed by atoms with Crippen LogP contribution in [0, 0.1) is 6.92 Å². The number of rotatable bonds is 6. The first kappa shape index (κ1) is 15.1. The van der Waals surface area contributed by atoms with Crippen LogP contribution in [0.3, 0.4) is 0 Å². The summed E-state index contributed by atoms with van der Waals surface area (Å²) in [7, 11) is 0. The molecule has 108 valence electrons. The van der Waals surface area contributed by atoms with Crippen molar-refractivity contribution < 1.29 is 9.15 Å². The van der Waals surface area contributed by atoms with Gasteiger partial charge in [-0.2, -0.15) is 0 Å². The molecule has 0 unspecified atom stereocenters. The highest BCUT2D eigenvalue weighted by Crippen LogP contribution is 2.19. The molecule has 2 aromatic rings. The van der Waals surface area contributed by atoms with E-state index in [0.29, 0.717) is 12.6 Å². The summed E-state index contributed by atoms with van der Waals surface area (Å²) < 4.78 is 12.4. The molecule has 0 aliphatic rings. The molecule has 1 N–H and O–H groups in total. The first-order valence-electron chi connectivity index (χ1n) is 6.59. The lowest BCUT2D eigenvalue weighted by Crippen LogP contribution is -2.21. The van der Waals surface area contributed by atoms with Gasteiger partial charge in [0.2, 0.25) is 0 Å². The van der Waals surface area contributed by atoms with Gasteiger partial charge in [-0.1, -0.05) is 13.8 Å². The van der Waals surface area contributed by atoms with Gasteiger partial charge in [-0.05, 0) is 40.5 Å². The summed E-state index contributed by atoms with van der Waals surface area (Å²) in [4.78, 5) is 4.06. The molecule has 2 rings (SSSR count). The minimum Gasteiger partial charge on any atom is -0.484 e. The van der Waals surface area contributed by atoms with Crippen molar-refractivity contribution >= 4 is 15.9 Å². The topological polar surface area (TPSA) is 47.3 Å². The third kappa shape index (κ3) is 4.35. The fourth-order valence-electron chi connectivity index (χ4n) is 1.76. The second-order valence-corrected chi connectivity index (χ2v) is 5.90. The molecule has 0 amide bonds. The Kier molecular flexibility index (Phi) is 5.20. The van der Waals surface area contributed by atoms with Crippen molar-refractivity contribution in [3.8, 4) is 5.75 Å². The van der Waals surface area contributed by atoms with E-state index in [0.717, 1.165) is 33.9 Å². The third-order valence-corrected chi connectivity index (χ3v) is 3.24. The molecule has 0 saturated carbocycles. The first-order chi connectivity index (χ1) is 9.54. The van der Waals surface area contributed by atoms with E-state index in [2.05, 4.69) is 40.1 Å². The van der Waals surface area contributed by atoms with Gasteiger partial charge >= 0.3 is 0 Å². The van der Waals surface area contributed by atoms with E-state index in [4.69, 9.17) is 9.15 Å². The van der Waals surface area contributed by atoms with Gasteiger partial charge in [0.25, 0.3) is 0 Å². The lowest BCUT2D eigenvalue weighted by Gasteiger charge is -2.06. The quantitative estimate of drug-likeness (QED) is 0.869. The number of hydrogen-bond acceptors (Lipinski definition) is 4. The van der Waals surface area contributed by atoms with E-state index in [1.54, 1.807) is 12.4 Å². The Morgan fingerprint density at radius 2 is 2.15 bits per heavy atom. The van der Waals surface area contributed by atoms with Crippen molar-refractivity contribution in [2.45, 2.75) is 40.0 Å². The number of nitrogens with zero attached hydrogens (tertiary/aromatic N) is 1. The summed E-state index contributed by atoms with van der Waals surface area (Å²) in [6.45, 7) is 7.42. The van der Waals surface area contributed by atoms with Gasteiger partial charge in [-0.3, -0.25) is 4.98 Å². The zero-order chi connectivity index (χ0) is 14.5. The van der Waals surface area contributed by atoms with Gasteiger partial charge < -0.3 is 14.5 Å². The Hall–Kier alpha value is -1.33. The van der Waals surface area contributed by atoms with Crippen LogP contribution < -0.4 is 10.1 Å². The van der Waals surface area contributed by atoms with Gasteiger partial charge in [0.1, 0.15) is 23.9 Å². The summed E-state index contributed by atoms with van der Waals surface area (Å²) in [6, 6.07) is 4.33. The van der Waals surface area contributed by atoms with Crippen LogP contribution in [0.4, 0.5) is 0 Å². The maximum atomic E-state index is 5.80. The van der Waals surface area contributed by atoms with Crippen molar-refractivity contribution in [3.05, 3.63) is 46.1 Å². The third-order valence-electron chi connectivity index (χ3n) is 2.80. The smallest absolute Gasteiger partial charge is 0.146 e. The monoisotopic (exact) mass is 338 g/mol. The van der Waals surface area contributed by atoms with Crippen LogP contribution in [-0.2, 0) is 13.2 Å². The van der Waals surface area contributed by atoms with E-state index in [1.807, 2.05) is 19.1 Å². The van der Waals surface area contributed by atoms with Crippen molar-refractivity contribution in [1.82, 2.24) is 10.3 Å². The fourth-order valence-corrected chi connectivity index (χ4v) is 2.10. The minimum atomic E-state index is 0.403. The van der Waals surface area contributed by atoms with Crippen LogP contribution in [-0.4, -0.2) is 11.0 Å². The summed E-state index contributed by atoms with van der Waals surface area (Å²) in [5.74, 6) is 2.50. The molecule has 20 heavy (non-hydrogen) atoms. The Balaban J connectivity index is 1.95. The van der Waals surface area contributed by atoms with Crippen LogP contribution in [0.5, 0.6) is 5.75 Å². The molecule has 0 aromatic carbocycles. The Morgan fingerprint density at radius 3 is 2.85 bits per heavy atom. The average molecular weight is 339 g/mol. The van der Waals surface area contributed by atoms with E-state index < -0.39 is 0 Å². The molecule has 0 spiro atoms. The largest absolute Gasteiger partial charge is 0.484 e. The summed E-state index contributed by atoms with van der Waals surface area (Å²) in [5, 5.41) is 3.35. The van der Waals surface area contributed by atoms with Crippen LogP contribution in [0.25, 0.3) is 0 Å². The molecule has 0 bridgehead atoms. The number of halogens is 1. The molecule has 0 aliphatic carbocycles. The fraction of sp³-hybridized carbons (Fsp3) is 0.400. The first-order valence-corrected chi connectivity index (χ1v) is 7.39. The van der Waals surface area contributed by atoms with Crippen LogP contribution in [0.15, 0.2) is 33.4 Å². The predicted octanol–water partition coefficient (Wildman–Crippen LogP) is 3.82. The lowest BCUT2D eigenvalue weighted by atomic mass is 10.2. The maximum absolute atomic E-state index is 5.80. The Labute approximate surface area is 127 Å². The van der Waals surface area contributed by atoms with Crippen LogP contribution in [0.1, 0.15) is 30.9 Å². The van der Waals surface area contributed by atoms with E-state index >= 15 is 0 Å². The molecule has 2 heterocycles. The standard InChI is InChI=1S/C15H19BrN2O2/c1-10(2)18-8-15-11(3)4-14(20-15)9-19-13-5-12(16)6-17-7-13/h4-7,10,18H,8-9H2,1-3H3. The zero-order valence-corrected chi connectivity index (χ0v) is 13.5. The summed E-state index contributed by atoms with van der Waals surface area (Å²) in [6.07, 6.45) is 3.40. The molecule has 0 aliphatic heterocycles. The van der Waals surface area contributed by atoms with Gasteiger partial charge in [0.15, 0.2) is 0 Å². The second kappa shape index (κ2) is 6.90. The molecule has 0 saturated heterocycles. The number of nitrogens with one attached hydrogen (secondary N) is 1. The Morgan fingerprint density at radius 1 is 1.35 bits per heavy atom. The zero-order valence-electron chi connectivity index (χ0n) is 11.9. The molecule has 4 nitrogen and oxygen atoms in total. The normalized spacial score (nSPS) is 11.1. The van der Waals surface area contributed by atoms with Gasteiger partial charge in [0.05, 0.1) is 12.7 Å². The number of ether oxygens (including phenoxy) is 1. The number of furan rings is 1. The maximum Gasteiger partial charge on any atom is 0.146 e. The van der Waals surface area contributed by atoms with Gasteiger partial charge in [-0.25, -0.2) is 0 Å². The number of pyridine rings is 1. The summed E-state index contributed by atoms with van der Waals surface area (Å²) in [5.41, 5.74) is 1.14. The SMILES string of the molecule is Cc1cc(COc2cncc(Br)c2)oc1CNC(C)C. The van der Waals surface area contributed by atoms with Crippen molar-refractivity contribution in [3.63, 3.8) is 0 Å². The molecule has 2 aromatic heterocycles. The molecule has 0 radical (unpaired) electrons. The van der Waals surface area contributed by atoms with Crippen molar-refractivity contribution in [2.24, 2.45) is 0 Å². The number of aryl methyl sites for hydroxylation is 1. The molecule has 0 atom stereocenters. The second-order valence-electron chi connectivity index (χ2n) is 4.98. The highest BCUT2D eigenvalue weighted by molar-refractivity contribution is 9.10. The van der Waals surface area contributed by atoms with Gasteiger partial charge in [0, 0.05) is 16.7 Å². The van der Waals surface area contributed by atoms with E-state index in [9.17, 15) is 0 Å². The van der Waals surface area contributed by atoms with Crippen LogP contribution in [0.2, 0.25) is 0 Å². The minimum absolute atomic E-state index is 0.403. The van der Waals surface area contributed by atoms with E-state index in [1.165, 1.54) is 0 Å². The lowest BCUT2D eigenvalue weighted by molar-refractivity contribution is 0.263. The van der Waals surface area contributed by atoms with Gasteiger partial charge in [-0.15, -0.1) is 0 Å². The van der Waals surface area contributed by atoms with Crippen LogP contribution >= 0.6 is 15.9 Å². The van der Waals surface area contributed by atoms with E-state index in [-0.39, 0.29) is 0 Å². The molecular formula is C15H19BrN2O2. The highest BCUT2D eigenvalue weighted by atomic mass is 79.9. The van der Waals surface area contributed by atoms with Crippen molar-refractivity contribution in [1.29, 1.82) is 0 Å². The Bertz CT molecular complexity index is 567.